The number of aryl methyl sites for hydroxylation is 1. The van der Waals surface area contributed by atoms with Crippen LogP contribution < -0.4 is 5.32 Å². The van der Waals surface area contributed by atoms with E-state index < -0.39 is 28.6 Å². The number of hydrogen-bond donors (Lipinski definition) is 1. The van der Waals surface area contributed by atoms with Crippen LogP contribution in [0, 0.1) is 17.0 Å². The van der Waals surface area contributed by atoms with Crippen molar-refractivity contribution in [2.45, 2.75) is 26.4 Å². The van der Waals surface area contributed by atoms with Crippen LogP contribution in [0.4, 0.5) is 11.5 Å². The number of carbonyl (C=O) groups excluding carboxylic acids is 2. The monoisotopic (exact) mass is 367 g/mol. The van der Waals surface area contributed by atoms with Crippen LogP contribution in [0.3, 0.4) is 0 Å². The molecule has 1 amide bonds. The van der Waals surface area contributed by atoms with Crippen LogP contribution in [0.15, 0.2) is 28.8 Å². The molecule has 0 saturated heterocycles. The number of nitro benzene ring substituents is 1. The summed E-state index contributed by atoms with van der Waals surface area (Å²) >= 11 is 5.78. The van der Waals surface area contributed by atoms with Gasteiger partial charge in [-0.2, -0.15) is 0 Å². The lowest BCUT2D eigenvalue weighted by molar-refractivity contribution is -0.385. The standard InChI is InChI=1S/C15H14ClN3O6/c1-3-12(14(20)17-13-6-8(2)25-18-13)24-15(21)10-7-9(16)4-5-11(10)19(22)23/h4-7,12H,3H2,1-2H3,(H,17,18,20)/t12-/m1/s1. The van der Waals surface area contributed by atoms with Crippen molar-refractivity contribution in [1.82, 2.24) is 5.16 Å². The smallest absolute Gasteiger partial charge is 0.346 e. The number of hydrogen-bond acceptors (Lipinski definition) is 7. The van der Waals surface area contributed by atoms with E-state index in [0.29, 0.717) is 5.76 Å². The van der Waals surface area contributed by atoms with Crippen LogP contribution in [-0.2, 0) is 9.53 Å². The maximum atomic E-state index is 12.3. The Labute approximate surface area is 147 Å². The van der Waals surface area contributed by atoms with Crippen molar-refractivity contribution in [3.63, 3.8) is 0 Å². The fourth-order valence-electron chi connectivity index (χ4n) is 1.98. The molecule has 1 heterocycles. The van der Waals surface area contributed by atoms with Crippen LogP contribution in [0.1, 0.15) is 29.5 Å². The zero-order valence-electron chi connectivity index (χ0n) is 13.3. The summed E-state index contributed by atoms with van der Waals surface area (Å²) in [6.45, 7) is 3.27. The van der Waals surface area contributed by atoms with Gasteiger partial charge in [0.1, 0.15) is 11.3 Å². The third-order valence-electron chi connectivity index (χ3n) is 3.17. The third kappa shape index (κ3) is 4.54. The van der Waals surface area contributed by atoms with E-state index in [1.54, 1.807) is 13.8 Å². The molecule has 0 aliphatic heterocycles. The Kier molecular flexibility index (Phi) is 5.71. The molecule has 10 heteroatoms. The molecule has 1 N–H and O–H groups in total. The van der Waals surface area contributed by atoms with Crippen molar-refractivity contribution in [2.24, 2.45) is 0 Å². The maximum Gasteiger partial charge on any atom is 0.346 e. The summed E-state index contributed by atoms with van der Waals surface area (Å²) in [7, 11) is 0. The number of aromatic nitrogens is 1. The SMILES string of the molecule is CC[C@@H](OC(=O)c1cc(Cl)ccc1[N+](=O)[O-])C(=O)Nc1cc(C)on1. The molecule has 1 aromatic heterocycles. The molecule has 0 spiro atoms. The largest absolute Gasteiger partial charge is 0.448 e. The molecule has 0 radical (unpaired) electrons. The summed E-state index contributed by atoms with van der Waals surface area (Å²) in [6, 6.07) is 4.99. The predicted octanol–water partition coefficient (Wildman–Crippen LogP) is 3.12. The molecule has 0 saturated carbocycles. The Morgan fingerprint density at radius 3 is 2.72 bits per heavy atom. The molecule has 1 aromatic carbocycles. The highest BCUT2D eigenvalue weighted by molar-refractivity contribution is 6.31. The summed E-state index contributed by atoms with van der Waals surface area (Å²) in [5, 5.41) is 17.2. The molecule has 0 aliphatic carbocycles. The fraction of sp³-hybridized carbons (Fsp3) is 0.267. The molecule has 0 unspecified atom stereocenters. The van der Waals surface area contributed by atoms with Gasteiger partial charge in [0.15, 0.2) is 11.9 Å². The van der Waals surface area contributed by atoms with Crippen molar-refractivity contribution < 1.29 is 23.8 Å². The van der Waals surface area contributed by atoms with Gasteiger partial charge in [-0.15, -0.1) is 0 Å². The van der Waals surface area contributed by atoms with Gasteiger partial charge in [0.25, 0.3) is 11.6 Å². The van der Waals surface area contributed by atoms with E-state index in [4.69, 9.17) is 20.9 Å². The van der Waals surface area contributed by atoms with Crippen LogP contribution in [0.25, 0.3) is 0 Å². The lowest BCUT2D eigenvalue weighted by Crippen LogP contribution is -2.32. The van der Waals surface area contributed by atoms with Crippen LogP contribution in [-0.4, -0.2) is 28.1 Å². The normalized spacial score (nSPS) is 11.6. The predicted molar refractivity (Wildman–Crippen MR) is 87.5 cm³/mol. The van der Waals surface area contributed by atoms with Gasteiger partial charge >= 0.3 is 5.97 Å². The number of halogens is 1. The van der Waals surface area contributed by atoms with Crippen molar-refractivity contribution in [2.75, 3.05) is 5.32 Å². The van der Waals surface area contributed by atoms with Gasteiger partial charge in [0.05, 0.1) is 4.92 Å². The number of nitrogens with zero attached hydrogens (tertiary/aromatic N) is 2. The van der Waals surface area contributed by atoms with Crippen LogP contribution >= 0.6 is 11.6 Å². The molecule has 1 atom stereocenters. The summed E-state index contributed by atoms with van der Waals surface area (Å²) in [5.74, 6) is -0.984. The topological polar surface area (TPSA) is 125 Å². The molecule has 2 rings (SSSR count). The molecule has 0 aliphatic rings. The summed E-state index contributed by atoms with van der Waals surface area (Å²) in [6.07, 6.45) is -1.01. The average Bonchev–Trinajstić information content (AvgIpc) is 2.96. The highest BCUT2D eigenvalue weighted by atomic mass is 35.5. The van der Waals surface area contributed by atoms with Crippen molar-refractivity contribution in [1.29, 1.82) is 0 Å². The third-order valence-corrected chi connectivity index (χ3v) is 3.40. The first kappa shape index (κ1) is 18.4. The van der Waals surface area contributed by atoms with Crippen LogP contribution in [0.2, 0.25) is 5.02 Å². The first-order valence-corrected chi connectivity index (χ1v) is 7.58. The minimum Gasteiger partial charge on any atom is -0.448 e. The highest BCUT2D eigenvalue weighted by Gasteiger charge is 2.27. The number of carbonyl (C=O) groups is 2. The van der Waals surface area contributed by atoms with Crippen LogP contribution in [0.5, 0.6) is 0 Å². The number of esters is 1. The van der Waals surface area contributed by atoms with E-state index in [9.17, 15) is 19.7 Å². The molecule has 132 valence electrons. The molecule has 25 heavy (non-hydrogen) atoms. The number of nitro groups is 1. The van der Waals surface area contributed by atoms with Crippen molar-refractivity contribution in [3.05, 3.63) is 50.7 Å². The zero-order chi connectivity index (χ0) is 18.6. The minimum absolute atomic E-state index is 0.133. The van der Waals surface area contributed by atoms with Gasteiger partial charge in [-0.1, -0.05) is 23.7 Å². The summed E-state index contributed by atoms with van der Waals surface area (Å²) < 4.78 is 9.92. The maximum absolute atomic E-state index is 12.3. The molecule has 2 aromatic rings. The number of anilines is 1. The van der Waals surface area contributed by atoms with Gasteiger partial charge < -0.3 is 14.6 Å². The van der Waals surface area contributed by atoms with E-state index in [2.05, 4.69) is 10.5 Å². The van der Waals surface area contributed by atoms with E-state index in [1.165, 1.54) is 12.1 Å². The van der Waals surface area contributed by atoms with E-state index >= 15 is 0 Å². The minimum atomic E-state index is -1.16. The molecule has 9 nitrogen and oxygen atoms in total. The van der Waals surface area contributed by atoms with Gasteiger partial charge in [-0.3, -0.25) is 14.9 Å². The number of benzene rings is 1. The van der Waals surface area contributed by atoms with Gasteiger partial charge in [-0.25, -0.2) is 4.79 Å². The Hall–Kier alpha value is -2.94. The molecular formula is C15H14ClN3O6. The average molecular weight is 368 g/mol. The van der Waals surface area contributed by atoms with Gasteiger partial charge in [0, 0.05) is 17.2 Å². The Bertz CT molecular complexity index is 819. The van der Waals surface area contributed by atoms with E-state index in [1.807, 2.05) is 0 Å². The second kappa shape index (κ2) is 7.75. The molecule has 0 bridgehead atoms. The highest BCUT2D eigenvalue weighted by Crippen LogP contribution is 2.24. The van der Waals surface area contributed by atoms with Gasteiger partial charge in [0.2, 0.25) is 0 Å². The Morgan fingerprint density at radius 1 is 1.44 bits per heavy atom. The quantitative estimate of drug-likeness (QED) is 0.472. The van der Waals surface area contributed by atoms with E-state index in [0.717, 1.165) is 12.1 Å². The van der Waals surface area contributed by atoms with E-state index in [-0.39, 0.29) is 22.8 Å². The number of amides is 1. The number of nitrogens with one attached hydrogen (secondary N) is 1. The lowest BCUT2D eigenvalue weighted by atomic mass is 10.1. The first-order valence-electron chi connectivity index (χ1n) is 7.21. The lowest BCUT2D eigenvalue weighted by Gasteiger charge is -2.15. The Balaban J connectivity index is 2.15. The fourth-order valence-corrected chi connectivity index (χ4v) is 2.15. The number of ether oxygens (including phenoxy) is 1. The second-order valence-corrected chi connectivity index (χ2v) is 5.47. The second-order valence-electron chi connectivity index (χ2n) is 5.03. The van der Waals surface area contributed by atoms with Crippen molar-refractivity contribution in [3.8, 4) is 0 Å². The Morgan fingerprint density at radius 2 is 2.16 bits per heavy atom. The summed E-state index contributed by atoms with van der Waals surface area (Å²) in [4.78, 5) is 34.7. The molecule has 0 fully saturated rings. The zero-order valence-corrected chi connectivity index (χ0v) is 14.1. The van der Waals surface area contributed by atoms with Gasteiger partial charge in [-0.05, 0) is 25.5 Å². The number of rotatable bonds is 6. The molecular weight excluding hydrogens is 354 g/mol. The van der Waals surface area contributed by atoms with Crippen molar-refractivity contribution >= 4 is 35.0 Å². The summed E-state index contributed by atoms with van der Waals surface area (Å²) in [5.41, 5.74) is -0.794. The first-order chi connectivity index (χ1) is 11.8.